The number of hydrogen-bond acceptors (Lipinski definition) is 3. The number of anilines is 1. The van der Waals surface area contributed by atoms with Gasteiger partial charge in [-0.05, 0) is 38.1 Å². The number of carbonyl (C=O) groups is 2. The summed E-state index contributed by atoms with van der Waals surface area (Å²) in [6.07, 6.45) is 0. The minimum atomic E-state index is -0.285. The van der Waals surface area contributed by atoms with Gasteiger partial charge in [-0.1, -0.05) is 60.2 Å². The number of para-hydroxylation sites is 1. The average Bonchev–Trinajstić information content (AvgIpc) is 2.70. The lowest BCUT2D eigenvalue weighted by molar-refractivity contribution is -0.115. The number of ketones is 1. The normalized spacial score (nSPS) is 11.6. The lowest BCUT2D eigenvalue weighted by Gasteiger charge is -2.14. The highest BCUT2D eigenvalue weighted by Crippen LogP contribution is 2.26. The Morgan fingerprint density at radius 1 is 0.852 bits per heavy atom. The molecule has 4 heteroatoms. The van der Waals surface area contributed by atoms with Crippen LogP contribution in [0.3, 0.4) is 0 Å². The van der Waals surface area contributed by atoms with Crippen LogP contribution in [0, 0.1) is 6.92 Å². The Hall–Kier alpha value is -2.85. The highest BCUT2D eigenvalue weighted by Gasteiger charge is 2.18. The zero-order valence-electron chi connectivity index (χ0n) is 15.3. The van der Waals surface area contributed by atoms with E-state index >= 15 is 0 Å². The first-order valence-corrected chi connectivity index (χ1v) is 9.65. The zero-order valence-corrected chi connectivity index (χ0v) is 16.1. The summed E-state index contributed by atoms with van der Waals surface area (Å²) in [6, 6.07) is 24.3. The summed E-state index contributed by atoms with van der Waals surface area (Å²) in [5, 5.41) is 2.63. The highest BCUT2D eigenvalue weighted by molar-refractivity contribution is 8.00. The topological polar surface area (TPSA) is 46.2 Å². The number of rotatable bonds is 6. The number of benzene rings is 3. The summed E-state index contributed by atoms with van der Waals surface area (Å²) < 4.78 is 0. The summed E-state index contributed by atoms with van der Waals surface area (Å²) in [5.74, 6) is -0.237. The number of aryl methyl sites for hydroxylation is 1. The van der Waals surface area contributed by atoms with E-state index in [-0.39, 0.29) is 16.9 Å². The smallest absolute Gasteiger partial charge is 0.237 e. The molecule has 1 atom stereocenters. The van der Waals surface area contributed by atoms with Gasteiger partial charge in [0.2, 0.25) is 5.91 Å². The first-order valence-electron chi connectivity index (χ1n) is 8.77. The number of hydrogen-bond donors (Lipinski definition) is 1. The van der Waals surface area contributed by atoms with Crippen molar-refractivity contribution in [3.63, 3.8) is 0 Å². The first-order chi connectivity index (χ1) is 13.0. The Bertz CT molecular complexity index is 936. The van der Waals surface area contributed by atoms with Crippen molar-refractivity contribution in [1.82, 2.24) is 0 Å². The maximum atomic E-state index is 12.8. The molecule has 0 saturated heterocycles. The lowest BCUT2D eigenvalue weighted by atomic mass is 10.0. The van der Waals surface area contributed by atoms with Crippen LogP contribution in [0.1, 0.15) is 28.4 Å². The maximum Gasteiger partial charge on any atom is 0.237 e. The molecule has 3 nitrogen and oxygen atoms in total. The van der Waals surface area contributed by atoms with Gasteiger partial charge in [0.25, 0.3) is 0 Å². The minimum absolute atomic E-state index is 0.106. The molecule has 3 aromatic rings. The third kappa shape index (κ3) is 4.86. The third-order valence-corrected chi connectivity index (χ3v) is 5.28. The Morgan fingerprint density at radius 2 is 1.48 bits per heavy atom. The monoisotopic (exact) mass is 375 g/mol. The Labute approximate surface area is 163 Å². The van der Waals surface area contributed by atoms with Crippen LogP contribution in [-0.4, -0.2) is 16.9 Å². The number of nitrogens with one attached hydrogen (secondary N) is 1. The number of thioether (sulfide) groups is 1. The second-order valence-electron chi connectivity index (χ2n) is 6.30. The zero-order chi connectivity index (χ0) is 19.2. The second kappa shape index (κ2) is 8.69. The fourth-order valence-electron chi connectivity index (χ4n) is 2.64. The Kier molecular flexibility index (Phi) is 6.09. The van der Waals surface area contributed by atoms with E-state index in [1.54, 1.807) is 30.3 Å². The van der Waals surface area contributed by atoms with Crippen LogP contribution >= 0.6 is 11.8 Å². The van der Waals surface area contributed by atoms with Crippen LogP contribution in [0.4, 0.5) is 5.69 Å². The largest absolute Gasteiger partial charge is 0.324 e. The van der Waals surface area contributed by atoms with E-state index in [2.05, 4.69) is 5.32 Å². The number of amides is 1. The summed E-state index contributed by atoms with van der Waals surface area (Å²) in [7, 11) is 0. The number of carbonyl (C=O) groups excluding carboxylic acids is 2. The summed E-state index contributed by atoms with van der Waals surface area (Å²) in [6.45, 7) is 3.90. The molecule has 0 spiro atoms. The molecule has 0 aliphatic carbocycles. The van der Waals surface area contributed by atoms with Crippen molar-refractivity contribution in [3.8, 4) is 0 Å². The van der Waals surface area contributed by atoms with Crippen molar-refractivity contribution in [2.24, 2.45) is 0 Å². The molecular weight excluding hydrogens is 354 g/mol. The Balaban J connectivity index is 1.74. The van der Waals surface area contributed by atoms with E-state index in [4.69, 9.17) is 0 Å². The van der Waals surface area contributed by atoms with Crippen molar-refractivity contribution in [2.45, 2.75) is 24.0 Å². The molecule has 0 aliphatic heterocycles. The molecule has 0 bridgehead atoms. The first kappa shape index (κ1) is 18.9. The van der Waals surface area contributed by atoms with Gasteiger partial charge in [-0.3, -0.25) is 9.59 Å². The van der Waals surface area contributed by atoms with Gasteiger partial charge in [0, 0.05) is 16.0 Å². The SMILES string of the molecule is Cc1ccc(S[C@@H](C)C(=O)Nc2ccccc2C(=O)c2ccccc2)cc1. The molecule has 136 valence electrons. The molecule has 1 N–H and O–H groups in total. The van der Waals surface area contributed by atoms with Gasteiger partial charge in [0.1, 0.15) is 0 Å². The lowest BCUT2D eigenvalue weighted by Crippen LogP contribution is -2.23. The van der Waals surface area contributed by atoms with E-state index < -0.39 is 0 Å². The molecule has 0 aromatic heterocycles. The van der Waals surface area contributed by atoms with Crippen molar-refractivity contribution < 1.29 is 9.59 Å². The van der Waals surface area contributed by atoms with E-state index in [0.717, 1.165) is 4.90 Å². The molecule has 1 amide bonds. The molecule has 3 rings (SSSR count). The van der Waals surface area contributed by atoms with Crippen LogP contribution in [0.5, 0.6) is 0 Å². The van der Waals surface area contributed by atoms with Gasteiger partial charge >= 0.3 is 0 Å². The summed E-state index contributed by atoms with van der Waals surface area (Å²) in [5.41, 5.74) is 2.81. The summed E-state index contributed by atoms with van der Waals surface area (Å²) >= 11 is 1.49. The Morgan fingerprint density at radius 3 is 2.19 bits per heavy atom. The van der Waals surface area contributed by atoms with Gasteiger partial charge in [0.15, 0.2) is 5.78 Å². The molecule has 0 heterocycles. The van der Waals surface area contributed by atoms with Crippen LogP contribution in [0.2, 0.25) is 0 Å². The van der Waals surface area contributed by atoms with Crippen molar-refractivity contribution in [1.29, 1.82) is 0 Å². The fraction of sp³-hybridized carbons (Fsp3) is 0.130. The average molecular weight is 375 g/mol. The molecule has 27 heavy (non-hydrogen) atoms. The predicted molar refractivity (Wildman–Crippen MR) is 111 cm³/mol. The van der Waals surface area contributed by atoms with Crippen LogP contribution in [0.25, 0.3) is 0 Å². The molecule has 3 aromatic carbocycles. The van der Waals surface area contributed by atoms with E-state index in [1.165, 1.54) is 17.3 Å². The van der Waals surface area contributed by atoms with E-state index in [0.29, 0.717) is 16.8 Å². The van der Waals surface area contributed by atoms with Crippen LogP contribution in [0.15, 0.2) is 83.8 Å². The fourth-order valence-corrected chi connectivity index (χ4v) is 3.51. The quantitative estimate of drug-likeness (QED) is 0.467. The van der Waals surface area contributed by atoms with Crippen molar-refractivity contribution in [2.75, 3.05) is 5.32 Å². The summed E-state index contributed by atoms with van der Waals surface area (Å²) in [4.78, 5) is 26.5. The van der Waals surface area contributed by atoms with Crippen molar-refractivity contribution >= 4 is 29.1 Å². The third-order valence-electron chi connectivity index (χ3n) is 4.17. The second-order valence-corrected chi connectivity index (χ2v) is 7.72. The molecule has 0 fully saturated rings. The van der Waals surface area contributed by atoms with E-state index in [9.17, 15) is 9.59 Å². The molecular formula is C23H21NO2S. The van der Waals surface area contributed by atoms with Gasteiger partial charge in [-0.2, -0.15) is 0 Å². The van der Waals surface area contributed by atoms with Gasteiger partial charge in [-0.25, -0.2) is 0 Å². The molecule has 0 saturated carbocycles. The van der Waals surface area contributed by atoms with E-state index in [1.807, 2.05) is 62.4 Å². The molecule has 0 unspecified atom stereocenters. The predicted octanol–water partition coefficient (Wildman–Crippen LogP) is 5.35. The van der Waals surface area contributed by atoms with Crippen LogP contribution < -0.4 is 5.32 Å². The van der Waals surface area contributed by atoms with Crippen LogP contribution in [-0.2, 0) is 4.79 Å². The maximum absolute atomic E-state index is 12.8. The van der Waals surface area contributed by atoms with Gasteiger partial charge < -0.3 is 5.32 Å². The molecule has 0 aliphatic rings. The molecule has 0 radical (unpaired) electrons. The van der Waals surface area contributed by atoms with Crippen molar-refractivity contribution in [3.05, 3.63) is 95.6 Å². The highest BCUT2D eigenvalue weighted by atomic mass is 32.2. The van der Waals surface area contributed by atoms with Gasteiger partial charge in [0.05, 0.1) is 10.9 Å². The van der Waals surface area contributed by atoms with Gasteiger partial charge in [-0.15, -0.1) is 11.8 Å². The minimum Gasteiger partial charge on any atom is -0.324 e. The standard InChI is InChI=1S/C23H21NO2S/c1-16-12-14-19(15-13-16)27-17(2)23(26)24-21-11-7-6-10-20(21)22(25)18-8-4-3-5-9-18/h3-15,17H,1-2H3,(H,24,26)/t17-/m0/s1.